The number of carbonyl (C=O) groups excluding carboxylic acids is 1. The van der Waals surface area contributed by atoms with Gasteiger partial charge in [-0.1, -0.05) is 0 Å². The summed E-state index contributed by atoms with van der Waals surface area (Å²) < 4.78 is 0. The average molecular weight is 307 g/mol. The summed E-state index contributed by atoms with van der Waals surface area (Å²) in [6.45, 7) is 1.26. The van der Waals surface area contributed by atoms with Gasteiger partial charge in [-0.15, -0.1) is 10.2 Å². The second kappa shape index (κ2) is 5.28. The zero-order valence-corrected chi connectivity index (χ0v) is 12.2. The second-order valence-electron chi connectivity index (χ2n) is 5.59. The van der Waals surface area contributed by atoms with E-state index in [-0.39, 0.29) is 18.2 Å². The Morgan fingerprint density at radius 3 is 3.26 bits per heavy atom. The van der Waals surface area contributed by atoms with E-state index in [0.717, 1.165) is 22.8 Å². The van der Waals surface area contributed by atoms with Crippen LogP contribution in [0.4, 0.5) is 0 Å². The first-order valence-electron chi connectivity index (χ1n) is 7.37. The van der Waals surface area contributed by atoms with Crippen molar-refractivity contribution in [1.29, 1.82) is 5.26 Å². The fraction of sp³-hybridized carbons (Fsp3) is 0.333. The standard InChI is InChI=1S/C15H13N7O/c16-4-1-12(23)22-6-3-9(8-22)11-7-18-19-15-13(11)10-2-5-17-14(10)20-21-15/h2,5,7,9H,1,3,6,8H2,(H,19,21). The normalized spacial score (nSPS) is 17.7. The van der Waals surface area contributed by atoms with E-state index >= 15 is 0 Å². The van der Waals surface area contributed by atoms with Gasteiger partial charge in [0.2, 0.25) is 5.91 Å². The number of aromatic nitrogens is 5. The second-order valence-corrected chi connectivity index (χ2v) is 5.59. The van der Waals surface area contributed by atoms with Gasteiger partial charge < -0.3 is 4.90 Å². The highest BCUT2D eigenvalue weighted by Gasteiger charge is 2.29. The molecule has 0 saturated carbocycles. The summed E-state index contributed by atoms with van der Waals surface area (Å²) in [5.41, 5.74) is 2.26. The van der Waals surface area contributed by atoms with E-state index in [9.17, 15) is 4.79 Å². The molecule has 8 nitrogen and oxygen atoms in total. The number of H-pyrrole nitrogens is 1. The Morgan fingerprint density at radius 2 is 2.39 bits per heavy atom. The number of nitrogens with one attached hydrogen (secondary N) is 1. The summed E-state index contributed by atoms with van der Waals surface area (Å²) in [5.74, 6) is 0.0548. The van der Waals surface area contributed by atoms with Crippen LogP contribution in [0, 0.1) is 11.3 Å². The molecule has 1 aliphatic heterocycles. The highest BCUT2D eigenvalue weighted by atomic mass is 16.2. The Hall–Kier alpha value is -3.08. The van der Waals surface area contributed by atoms with Crippen molar-refractivity contribution in [3.8, 4) is 6.07 Å². The van der Waals surface area contributed by atoms with Crippen LogP contribution in [0.3, 0.4) is 0 Å². The number of nitrogens with zero attached hydrogens (tertiary/aromatic N) is 6. The van der Waals surface area contributed by atoms with Gasteiger partial charge in [0.1, 0.15) is 6.42 Å². The number of fused-ring (bicyclic) bond motifs is 3. The first-order chi connectivity index (χ1) is 11.3. The minimum Gasteiger partial charge on any atom is -0.341 e. The lowest BCUT2D eigenvalue weighted by molar-refractivity contribution is -0.129. The predicted molar refractivity (Wildman–Crippen MR) is 81.2 cm³/mol. The Kier molecular flexibility index (Phi) is 3.12. The van der Waals surface area contributed by atoms with Crippen molar-refractivity contribution in [2.24, 2.45) is 0 Å². The van der Waals surface area contributed by atoms with E-state index < -0.39 is 0 Å². The molecule has 1 fully saturated rings. The molecule has 0 radical (unpaired) electrons. The highest BCUT2D eigenvalue weighted by molar-refractivity contribution is 6.03. The molecule has 0 spiro atoms. The molecule has 0 bridgehead atoms. The molecule has 23 heavy (non-hydrogen) atoms. The lowest BCUT2D eigenvalue weighted by Gasteiger charge is -2.16. The van der Waals surface area contributed by atoms with Crippen LogP contribution >= 0.6 is 0 Å². The molecule has 0 aromatic carbocycles. The molecule has 1 amide bonds. The van der Waals surface area contributed by atoms with Crippen molar-refractivity contribution in [2.45, 2.75) is 18.8 Å². The van der Waals surface area contributed by atoms with E-state index in [0.29, 0.717) is 24.4 Å². The van der Waals surface area contributed by atoms with Gasteiger partial charge in [-0.05, 0) is 18.1 Å². The molecule has 8 heteroatoms. The molecule has 4 heterocycles. The quantitative estimate of drug-likeness (QED) is 0.759. The topological polar surface area (TPSA) is 111 Å². The van der Waals surface area contributed by atoms with Gasteiger partial charge >= 0.3 is 0 Å². The lowest BCUT2D eigenvalue weighted by Crippen LogP contribution is -2.27. The predicted octanol–water partition coefficient (Wildman–Crippen LogP) is 1.13. The molecule has 4 rings (SSSR count). The van der Waals surface area contributed by atoms with Crippen molar-refractivity contribution in [3.05, 3.63) is 24.0 Å². The van der Waals surface area contributed by atoms with E-state index in [1.165, 1.54) is 0 Å². The zero-order chi connectivity index (χ0) is 15.8. The number of amides is 1. The van der Waals surface area contributed by atoms with Crippen molar-refractivity contribution in [3.63, 3.8) is 0 Å². The van der Waals surface area contributed by atoms with Gasteiger partial charge in [-0.3, -0.25) is 9.89 Å². The molecular weight excluding hydrogens is 294 g/mol. The molecule has 1 N–H and O–H groups in total. The largest absolute Gasteiger partial charge is 0.341 e. The monoisotopic (exact) mass is 307 g/mol. The van der Waals surface area contributed by atoms with E-state index in [1.807, 2.05) is 12.1 Å². The molecule has 1 saturated heterocycles. The van der Waals surface area contributed by atoms with Crippen LogP contribution in [0.25, 0.3) is 22.1 Å². The van der Waals surface area contributed by atoms with Crippen molar-refractivity contribution >= 4 is 28.0 Å². The maximum Gasteiger partial charge on any atom is 0.236 e. The van der Waals surface area contributed by atoms with Gasteiger partial charge in [0.25, 0.3) is 0 Å². The van der Waals surface area contributed by atoms with Crippen LogP contribution in [0.1, 0.15) is 24.3 Å². The van der Waals surface area contributed by atoms with Crippen LogP contribution in [0.2, 0.25) is 0 Å². The van der Waals surface area contributed by atoms with Crippen molar-refractivity contribution < 1.29 is 4.79 Å². The minimum atomic E-state index is -0.116. The van der Waals surface area contributed by atoms with Gasteiger partial charge in [-0.25, -0.2) is 4.98 Å². The Balaban J connectivity index is 1.76. The van der Waals surface area contributed by atoms with Crippen molar-refractivity contribution in [2.75, 3.05) is 13.1 Å². The van der Waals surface area contributed by atoms with Gasteiger partial charge in [-0.2, -0.15) is 10.4 Å². The van der Waals surface area contributed by atoms with Crippen LogP contribution in [-0.4, -0.2) is 49.3 Å². The summed E-state index contributed by atoms with van der Waals surface area (Å²) in [7, 11) is 0. The maximum atomic E-state index is 11.9. The van der Waals surface area contributed by atoms with E-state index in [1.54, 1.807) is 17.3 Å². The Morgan fingerprint density at radius 1 is 1.48 bits per heavy atom. The summed E-state index contributed by atoms with van der Waals surface area (Å²) in [6.07, 6.45) is 4.27. The third kappa shape index (κ3) is 2.17. The van der Waals surface area contributed by atoms with Crippen LogP contribution in [0.15, 0.2) is 18.5 Å². The molecular formula is C15H13N7O. The summed E-state index contributed by atoms with van der Waals surface area (Å²) in [4.78, 5) is 17.8. The molecule has 3 aromatic heterocycles. The number of nitriles is 1. The molecule has 3 aromatic rings. The highest BCUT2D eigenvalue weighted by Crippen LogP contribution is 2.33. The van der Waals surface area contributed by atoms with E-state index in [2.05, 4.69) is 25.4 Å². The maximum absolute atomic E-state index is 11.9. The third-order valence-electron chi connectivity index (χ3n) is 4.30. The Bertz CT molecular complexity index is 942. The number of likely N-dealkylation sites (tertiary alicyclic amines) is 1. The third-order valence-corrected chi connectivity index (χ3v) is 4.30. The summed E-state index contributed by atoms with van der Waals surface area (Å²) in [6, 6.07) is 3.83. The summed E-state index contributed by atoms with van der Waals surface area (Å²) >= 11 is 0. The van der Waals surface area contributed by atoms with Crippen LogP contribution in [-0.2, 0) is 4.79 Å². The fourth-order valence-corrected chi connectivity index (χ4v) is 3.20. The number of rotatable bonds is 2. The smallest absolute Gasteiger partial charge is 0.236 e. The molecule has 1 atom stereocenters. The number of aromatic amines is 1. The molecule has 1 unspecified atom stereocenters. The fourth-order valence-electron chi connectivity index (χ4n) is 3.20. The minimum absolute atomic E-state index is 0.0726. The van der Waals surface area contributed by atoms with Gasteiger partial charge in [0, 0.05) is 36.0 Å². The Labute approximate surface area is 131 Å². The summed E-state index contributed by atoms with van der Waals surface area (Å²) in [5, 5.41) is 25.8. The van der Waals surface area contributed by atoms with E-state index in [4.69, 9.17) is 5.26 Å². The average Bonchev–Trinajstić information content (AvgIpc) is 3.23. The molecule has 0 aliphatic carbocycles. The number of hydrogen-bond donors (Lipinski definition) is 1. The SMILES string of the molecule is N#CCC(=O)N1CCC(c2cn[nH]c3nnc4nccc4c23)C1. The number of hydrogen-bond acceptors (Lipinski definition) is 6. The molecule has 1 aliphatic rings. The molecule has 114 valence electrons. The van der Waals surface area contributed by atoms with Gasteiger partial charge in [0.05, 0.1) is 12.3 Å². The van der Waals surface area contributed by atoms with Crippen LogP contribution in [0.5, 0.6) is 0 Å². The zero-order valence-electron chi connectivity index (χ0n) is 12.2. The van der Waals surface area contributed by atoms with Gasteiger partial charge in [0.15, 0.2) is 11.3 Å². The number of carbonyl (C=O) groups is 1. The first-order valence-corrected chi connectivity index (χ1v) is 7.37. The van der Waals surface area contributed by atoms with Crippen molar-refractivity contribution in [1.82, 2.24) is 30.3 Å². The first kappa shape index (κ1) is 13.6. The lowest BCUT2D eigenvalue weighted by atomic mass is 9.96. The van der Waals surface area contributed by atoms with Crippen LogP contribution < -0.4 is 0 Å².